The first-order valence-corrected chi connectivity index (χ1v) is 21.3. The molecule has 0 aliphatic carbocycles. The Labute approximate surface area is 308 Å². The number of hydrogen-bond donors (Lipinski definition) is 0. The average Bonchev–Trinajstić information content (AvgIpc) is 3.80. The highest BCUT2D eigenvalue weighted by Gasteiger charge is 2.41. The largest absolute Gasteiger partial charge is 0.309 e. The molecular weight excluding hydrogens is 661 g/mol. The van der Waals surface area contributed by atoms with Crippen LogP contribution in [0.15, 0.2) is 170 Å². The fourth-order valence-corrected chi connectivity index (χ4v) is 11.7. The number of benzene rings is 7. The quantitative estimate of drug-likeness (QED) is 0.172. The van der Waals surface area contributed by atoms with E-state index < -0.39 is 8.07 Å². The first-order chi connectivity index (χ1) is 26.1. The number of hydrogen-bond acceptors (Lipinski definition) is 2. The second kappa shape index (κ2) is 11.2. The average molecular weight is 695 g/mol. The highest BCUT2D eigenvalue weighted by Crippen LogP contribution is 2.41. The number of fused-ring (bicyclic) bond motifs is 9. The van der Waals surface area contributed by atoms with Gasteiger partial charge in [-0.25, -0.2) is 9.97 Å². The normalized spacial score (nSPS) is 13.2. The lowest BCUT2D eigenvalue weighted by Crippen LogP contribution is -2.50. The zero-order valence-electron chi connectivity index (χ0n) is 29.5. The van der Waals surface area contributed by atoms with Crippen LogP contribution in [0.2, 0.25) is 13.1 Å². The van der Waals surface area contributed by atoms with Crippen molar-refractivity contribution in [1.82, 2.24) is 19.1 Å². The Balaban J connectivity index is 1.17. The molecule has 7 aromatic carbocycles. The lowest BCUT2D eigenvalue weighted by Gasteiger charge is -2.19. The highest BCUT2D eigenvalue weighted by atomic mass is 28.3. The summed E-state index contributed by atoms with van der Waals surface area (Å²) in [7, 11) is -2.08. The fourth-order valence-electron chi connectivity index (χ4n) is 8.82. The van der Waals surface area contributed by atoms with Gasteiger partial charge < -0.3 is 9.13 Å². The summed E-state index contributed by atoms with van der Waals surface area (Å²) in [6.45, 7) is 4.85. The highest BCUT2D eigenvalue weighted by molar-refractivity contribution is 7.03. The minimum absolute atomic E-state index is 0.769. The van der Waals surface area contributed by atoms with Crippen molar-refractivity contribution in [1.29, 1.82) is 0 Å². The summed E-state index contributed by atoms with van der Waals surface area (Å²) in [6, 6.07) is 61.3. The van der Waals surface area contributed by atoms with Crippen LogP contribution in [-0.4, -0.2) is 27.2 Å². The Hall–Kier alpha value is -6.56. The minimum atomic E-state index is -2.08. The van der Waals surface area contributed by atoms with Crippen molar-refractivity contribution in [2.24, 2.45) is 0 Å². The van der Waals surface area contributed by atoms with Crippen LogP contribution in [-0.2, 0) is 0 Å². The first kappa shape index (κ1) is 30.1. The van der Waals surface area contributed by atoms with Gasteiger partial charge in [0, 0.05) is 54.9 Å². The third kappa shape index (κ3) is 4.35. The molecule has 0 atom stereocenters. The van der Waals surface area contributed by atoms with Gasteiger partial charge in [-0.15, -0.1) is 0 Å². The maximum atomic E-state index is 5.47. The van der Waals surface area contributed by atoms with Crippen LogP contribution in [0.4, 0.5) is 0 Å². The van der Waals surface area contributed by atoms with Crippen LogP contribution in [0, 0.1) is 0 Å². The van der Waals surface area contributed by atoms with Gasteiger partial charge in [0.1, 0.15) is 8.07 Å². The summed E-state index contributed by atoms with van der Waals surface area (Å²) in [5.41, 5.74) is 12.6. The molecule has 0 fully saturated rings. The molecule has 0 bridgehead atoms. The molecule has 0 saturated heterocycles. The van der Waals surface area contributed by atoms with Crippen LogP contribution in [0.25, 0.3) is 88.8 Å². The summed E-state index contributed by atoms with van der Waals surface area (Å²) in [5, 5.41) is 7.61. The molecule has 4 heterocycles. The van der Waals surface area contributed by atoms with Gasteiger partial charge in [-0.05, 0) is 59.3 Å². The third-order valence-electron chi connectivity index (χ3n) is 11.3. The Morgan fingerprint density at radius 2 is 1.00 bits per heavy atom. The predicted molar refractivity (Wildman–Crippen MR) is 224 cm³/mol. The number of nitrogens with zero attached hydrogens (tertiary/aromatic N) is 4. The standard InChI is InChI=1S/C48H34N4Si/c1-53(2)44-27-14-11-24-37(44)45-46(31-16-5-3-6-17-31)49-47(50-48(45)53)32-18-15-21-34(28-32)52-41-26-13-10-23-36(41)39-29-38-35-22-9-12-25-40(35)51(42(38)30-43(39)52)33-19-7-4-8-20-33/h3-30H,1-2H3. The topological polar surface area (TPSA) is 35.6 Å². The molecule has 0 spiro atoms. The van der Waals surface area contributed by atoms with Crippen molar-refractivity contribution >= 4 is 62.2 Å². The smallest absolute Gasteiger partial charge is 0.159 e. The van der Waals surface area contributed by atoms with E-state index in [2.05, 4.69) is 192 Å². The van der Waals surface area contributed by atoms with Gasteiger partial charge in [0.15, 0.2) is 5.82 Å². The predicted octanol–water partition coefficient (Wildman–Crippen LogP) is 10.8. The van der Waals surface area contributed by atoms with Crippen LogP contribution >= 0.6 is 0 Å². The van der Waals surface area contributed by atoms with E-state index in [9.17, 15) is 0 Å². The maximum absolute atomic E-state index is 5.47. The molecule has 0 amide bonds. The zero-order chi connectivity index (χ0) is 35.3. The zero-order valence-corrected chi connectivity index (χ0v) is 30.5. The molecule has 0 radical (unpaired) electrons. The van der Waals surface area contributed by atoms with Crippen LogP contribution < -0.4 is 10.5 Å². The molecular formula is C48H34N4Si. The van der Waals surface area contributed by atoms with Gasteiger partial charge in [-0.1, -0.05) is 134 Å². The molecule has 1 aliphatic rings. The number of aromatic nitrogens is 4. The van der Waals surface area contributed by atoms with Crippen molar-refractivity contribution in [2.75, 3.05) is 0 Å². The van der Waals surface area contributed by atoms with Crippen molar-refractivity contribution < 1.29 is 0 Å². The fraction of sp³-hybridized carbons (Fsp3) is 0.0417. The van der Waals surface area contributed by atoms with E-state index in [1.54, 1.807) is 0 Å². The Morgan fingerprint density at radius 1 is 0.434 bits per heavy atom. The van der Waals surface area contributed by atoms with Gasteiger partial charge in [0.05, 0.1) is 27.8 Å². The molecule has 3 aromatic heterocycles. The lowest BCUT2D eigenvalue weighted by atomic mass is 10.0. The summed E-state index contributed by atoms with van der Waals surface area (Å²) in [5.74, 6) is 0.769. The second-order valence-corrected chi connectivity index (χ2v) is 18.9. The molecule has 4 nitrogen and oxygen atoms in total. The van der Waals surface area contributed by atoms with Gasteiger partial charge in [-0.2, -0.15) is 0 Å². The molecule has 5 heteroatoms. The van der Waals surface area contributed by atoms with E-state index in [0.717, 1.165) is 34.0 Å². The van der Waals surface area contributed by atoms with E-state index >= 15 is 0 Å². The van der Waals surface area contributed by atoms with Gasteiger partial charge in [0.2, 0.25) is 0 Å². The Kier molecular flexibility index (Phi) is 6.37. The van der Waals surface area contributed by atoms with Crippen LogP contribution in [0.1, 0.15) is 0 Å². The lowest BCUT2D eigenvalue weighted by molar-refractivity contribution is 1.16. The molecule has 0 saturated carbocycles. The van der Waals surface area contributed by atoms with Crippen molar-refractivity contribution in [3.63, 3.8) is 0 Å². The second-order valence-electron chi connectivity index (χ2n) is 14.6. The van der Waals surface area contributed by atoms with Crippen molar-refractivity contribution in [3.8, 4) is 45.1 Å². The monoisotopic (exact) mass is 694 g/mol. The van der Waals surface area contributed by atoms with Crippen LogP contribution in [0.5, 0.6) is 0 Å². The Bertz CT molecular complexity index is 3080. The molecule has 1 aliphatic heterocycles. The molecule has 0 N–H and O–H groups in total. The van der Waals surface area contributed by atoms with Crippen molar-refractivity contribution in [2.45, 2.75) is 13.1 Å². The first-order valence-electron chi connectivity index (χ1n) is 18.3. The summed E-state index contributed by atoms with van der Waals surface area (Å²) >= 11 is 0. The summed E-state index contributed by atoms with van der Waals surface area (Å²) in [4.78, 5) is 10.9. The molecule has 0 unspecified atom stereocenters. The maximum Gasteiger partial charge on any atom is 0.159 e. The van der Waals surface area contributed by atoms with E-state index in [0.29, 0.717) is 0 Å². The van der Waals surface area contributed by atoms with Gasteiger partial charge >= 0.3 is 0 Å². The summed E-state index contributed by atoms with van der Waals surface area (Å²) < 4.78 is 4.82. The molecule has 10 aromatic rings. The van der Waals surface area contributed by atoms with Gasteiger partial charge in [-0.3, -0.25) is 0 Å². The van der Waals surface area contributed by atoms with E-state index in [1.807, 2.05) is 0 Å². The van der Waals surface area contributed by atoms with Crippen molar-refractivity contribution in [3.05, 3.63) is 170 Å². The molecule has 53 heavy (non-hydrogen) atoms. The number of para-hydroxylation sites is 3. The van der Waals surface area contributed by atoms with E-state index in [4.69, 9.17) is 9.97 Å². The van der Waals surface area contributed by atoms with E-state index in [-0.39, 0.29) is 0 Å². The third-order valence-corrected chi connectivity index (χ3v) is 14.6. The van der Waals surface area contributed by atoms with Crippen LogP contribution in [0.3, 0.4) is 0 Å². The van der Waals surface area contributed by atoms with E-state index in [1.165, 1.54) is 65.2 Å². The minimum Gasteiger partial charge on any atom is -0.309 e. The number of rotatable bonds is 4. The Morgan fingerprint density at radius 3 is 1.72 bits per heavy atom. The molecule has 11 rings (SSSR count). The SMILES string of the molecule is C[Si]1(C)c2ccccc2-c2c(-c3ccccc3)nc(-c3cccc(-n4c5ccccc5c5cc6c7ccccc7n(-c7ccccc7)c6cc54)c3)nc21. The molecule has 250 valence electrons. The summed E-state index contributed by atoms with van der Waals surface area (Å²) in [6.07, 6.45) is 0. The van der Waals surface area contributed by atoms with Gasteiger partial charge in [0.25, 0.3) is 0 Å².